The molecule has 0 amide bonds. The van der Waals surface area contributed by atoms with Crippen molar-refractivity contribution in [1.29, 1.82) is 0 Å². The van der Waals surface area contributed by atoms with Crippen LogP contribution < -0.4 is 0 Å². The van der Waals surface area contributed by atoms with Crippen LogP contribution in [-0.4, -0.2) is 37.2 Å². The van der Waals surface area contributed by atoms with E-state index in [0.29, 0.717) is 19.3 Å². The maximum Gasteiger partial charge on any atom is 0.306 e. The van der Waals surface area contributed by atoms with Gasteiger partial charge < -0.3 is 14.2 Å². The van der Waals surface area contributed by atoms with Gasteiger partial charge in [-0.05, 0) is 122 Å². The molecule has 76 heavy (non-hydrogen) atoms. The van der Waals surface area contributed by atoms with Gasteiger partial charge in [0.15, 0.2) is 6.10 Å². The number of allylic oxidation sites excluding steroid dienone is 24. The molecule has 0 bridgehead atoms. The summed E-state index contributed by atoms with van der Waals surface area (Å²) in [6, 6.07) is 0. The maximum atomic E-state index is 12.9. The number of rotatable bonds is 54. The molecule has 0 N–H and O–H groups in total. The molecule has 0 aliphatic heterocycles. The second-order valence-electron chi connectivity index (χ2n) is 19.9. The molecule has 6 nitrogen and oxygen atoms in total. The van der Waals surface area contributed by atoms with E-state index in [0.717, 1.165) is 148 Å². The van der Waals surface area contributed by atoms with Crippen LogP contribution in [0.1, 0.15) is 258 Å². The zero-order chi connectivity index (χ0) is 55.0. The van der Waals surface area contributed by atoms with Crippen molar-refractivity contribution in [3.8, 4) is 0 Å². The summed E-state index contributed by atoms with van der Waals surface area (Å²) in [6.45, 7) is 6.35. The molecule has 0 aromatic carbocycles. The monoisotopic (exact) mass is 1050 g/mol. The van der Waals surface area contributed by atoms with E-state index in [1.807, 2.05) is 0 Å². The number of carbonyl (C=O) groups is 3. The van der Waals surface area contributed by atoms with Crippen LogP contribution in [0.25, 0.3) is 0 Å². The predicted molar refractivity (Wildman–Crippen MR) is 329 cm³/mol. The van der Waals surface area contributed by atoms with Gasteiger partial charge in [0.2, 0.25) is 0 Å². The van der Waals surface area contributed by atoms with Crippen LogP contribution in [0.2, 0.25) is 0 Å². The number of unbranched alkanes of at least 4 members (excludes halogenated alkanes) is 19. The highest BCUT2D eigenvalue weighted by Crippen LogP contribution is 2.15. The molecule has 428 valence electrons. The number of hydrogen-bond donors (Lipinski definition) is 0. The van der Waals surface area contributed by atoms with Crippen molar-refractivity contribution in [2.24, 2.45) is 0 Å². The van der Waals surface area contributed by atoms with Crippen molar-refractivity contribution in [2.75, 3.05) is 13.2 Å². The van der Waals surface area contributed by atoms with E-state index in [9.17, 15) is 14.4 Å². The Balaban J connectivity index is 4.38. The molecule has 0 heterocycles. The molecule has 0 aliphatic rings. The number of carbonyl (C=O) groups excluding carboxylic acids is 3. The molecule has 0 fully saturated rings. The fraction of sp³-hybridized carbons (Fsp3) is 0.614. The lowest BCUT2D eigenvalue weighted by atomic mass is 10.0. The summed E-state index contributed by atoms with van der Waals surface area (Å²) in [5, 5.41) is 0. The Morgan fingerprint density at radius 2 is 0.513 bits per heavy atom. The fourth-order valence-corrected chi connectivity index (χ4v) is 8.04. The smallest absolute Gasteiger partial charge is 0.306 e. The molecule has 1 unspecified atom stereocenters. The molecule has 0 spiro atoms. The van der Waals surface area contributed by atoms with Gasteiger partial charge in [-0.3, -0.25) is 14.4 Å². The number of ether oxygens (including phenoxy) is 3. The standard InChI is InChI=1S/C70H112O6/c1-4-7-10-13-16-19-22-25-27-28-29-30-31-32-33-34-35-36-37-38-39-40-41-42-43-46-48-51-54-57-60-63-69(72)75-66-67(65-74-68(71)62-59-56-53-50-47-44-24-21-18-15-12-9-6-3)76-70(73)64-61-58-55-52-49-45-26-23-20-17-14-11-8-5-2/h7,9-10,12,16,18-19,21,25,27,29-30,32-33,35-36,38-39,41-42,44,46-48,67H,4-6,8,11,13-15,17,20,22-24,26,28,31,34,37,40,43,45,49-66H2,1-3H3/b10-7-,12-9-,19-16-,21-18-,27-25-,30-29-,33-32-,36-35-,39-38-,42-41-,47-44-,48-46-. The third-order valence-electron chi connectivity index (χ3n) is 12.6. The first-order valence-electron chi connectivity index (χ1n) is 30.8. The highest BCUT2D eigenvalue weighted by Gasteiger charge is 2.19. The van der Waals surface area contributed by atoms with Gasteiger partial charge in [-0.15, -0.1) is 0 Å². The summed E-state index contributed by atoms with van der Waals surface area (Å²) < 4.78 is 16.8. The van der Waals surface area contributed by atoms with E-state index in [1.54, 1.807) is 0 Å². The molecule has 1 atom stereocenters. The van der Waals surface area contributed by atoms with Gasteiger partial charge in [0, 0.05) is 19.3 Å². The van der Waals surface area contributed by atoms with Crippen LogP contribution >= 0.6 is 0 Å². The van der Waals surface area contributed by atoms with Crippen LogP contribution in [-0.2, 0) is 28.6 Å². The van der Waals surface area contributed by atoms with E-state index < -0.39 is 6.10 Å². The van der Waals surface area contributed by atoms with Crippen LogP contribution in [0.5, 0.6) is 0 Å². The normalized spacial score (nSPS) is 13.1. The van der Waals surface area contributed by atoms with Crippen LogP contribution in [0, 0.1) is 0 Å². The summed E-state index contributed by atoms with van der Waals surface area (Å²) in [7, 11) is 0. The van der Waals surface area contributed by atoms with Gasteiger partial charge in [-0.2, -0.15) is 0 Å². The Morgan fingerprint density at radius 1 is 0.276 bits per heavy atom. The molecule has 6 heteroatoms. The second kappa shape index (κ2) is 62.8. The molecular formula is C70H112O6. The molecule has 0 aliphatic carbocycles. The highest BCUT2D eigenvalue weighted by molar-refractivity contribution is 5.71. The van der Waals surface area contributed by atoms with Gasteiger partial charge in [-0.1, -0.05) is 263 Å². The van der Waals surface area contributed by atoms with Gasteiger partial charge in [0.1, 0.15) is 13.2 Å². The van der Waals surface area contributed by atoms with Crippen molar-refractivity contribution in [3.05, 3.63) is 146 Å². The van der Waals surface area contributed by atoms with Gasteiger partial charge >= 0.3 is 17.9 Å². The first-order valence-corrected chi connectivity index (χ1v) is 30.8. The third kappa shape index (κ3) is 60.2. The Labute approximate surface area is 467 Å². The van der Waals surface area contributed by atoms with Crippen LogP contribution in [0.4, 0.5) is 0 Å². The molecule has 0 rings (SSSR count). The van der Waals surface area contributed by atoms with Gasteiger partial charge in [0.25, 0.3) is 0 Å². The Hall–Kier alpha value is -4.71. The average Bonchev–Trinajstić information content (AvgIpc) is 3.42. The summed E-state index contributed by atoms with van der Waals surface area (Å²) in [5.74, 6) is -0.968. The minimum atomic E-state index is -0.808. The van der Waals surface area contributed by atoms with E-state index in [4.69, 9.17) is 14.2 Å². The van der Waals surface area contributed by atoms with Crippen molar-refractivity contribution >= 4 is 17.9 Å². The fourth-order valence-electron chi connectivity index (χ4n) is 8.04. The Kier molecular flexibility index (Phi) is 58.9. The third-order valence-corrected chi connectivity index (χ3v) is 12.6. The van der Waals surface area contributed by atoms with E-state index in [-0.39, 0.29) is 31.1 Å². The lowest BCUT2D eigenvalue weighted by Crippen LogP contribution is -2.30. The van der Waals surface area contributed by atoms with E-state index >= 15 is 0 Å². The minimum Gasteiger partial charge on any atom is -0.462 e. The largest absolute Gasteiger partial charge is 0.462 e. The van der Waals surface area contributed by atoms with Gasteiger partial charge in [-0.25, -0.2) is 0 Å². The summed E-state index contributed by atoms with van der Waals surface area (Å²) in [6.07, 6.45) is 90.0. The molecule has 0 saturated heterocycles. The maximum absolute atomic E-state index is 12.9. The van der Waals surface area contributed by atoms with Crippen molar-refractivity contribution in [2.45, 2.75) is 264 Å². The van der Waals surface area contributed by atoms with Crippen LogP contribution in [0.15, 0.2) is 146 Å². The summed E-state index contributed by atoms with van der Waals surface area (Å²) >= 11 is 0. The lowest BCUT2D eigenvalue weighted by molar-refractivity contribution is -0.167. The summed E-state index contributed by atoms with van der Waals surface area (Å²) in [4.78, 5) is 38.2. The number of esters is 3. The van der Waals surface area contributed by atoms with Crippen molar-refractivity contribution < 1.29 is 28.6 Å². The Morgan fingerprint density at radius 3 is 0.803 bits per heavy atom. The van der Waals surface area contributed by atoms with E-state index in [2.05, 4.69) is 167 Å². The van der Waals surface area contributed by atoms with Crippen molar-refractivity contribution in [3.63, 3.8) is 0 Å². The highest BCUT2D eigenvalue weighted by atomic mass is 16.6. The molecular weight excluding hydrogens is 937 g/mol. The first kappa shape index (κ1) is 71.3. The first-order chi connectivity index (χ1) is 37.5. The molecule has 0 aromatic rings. The summed E-state index contributed by atoms with van der Waals surface area (Å²) in [5.41, 5.74) is 0. The van der Waals surface area contributed by atoms with Crippen molar-refractivity contribution in [1.82, 2.24) is 0 Å². The molecule has 0 saturated carbocycles. The quantitative estimate of drug-likeness (QED) is 0.0261. The zero-order valence-corrected chi connectivity index (χ0v) is 49.0. The number of hydrogen-bond acceptors (Lipinski definition) is 6. The van der Waals surface area contributed by atoms with E-state index in [1.165, 1.54) is 70.6 Å². The van der Waals surface area contributed by atoms with Gasteiger partial charge in [0.05, 0.1) is 0 Å². The second-order valence-corrected chi connectivity index (χ2v) is 19.9. The minimum absolute atomic E-state index is 0.107. The molecule has 0 radical (unpaired) electrons. The average molecular weight is 1050 g/mol. The zero-order valence-electron chi connectivity index (χ0n) is 49.0. The topological polar surface area (TPSA) is 78.9 Å². The Bertz CT molecular complexity index is 1680. The molecule has 0 aromatic heterocycles. The predicted octanol–water partition coefficient (Wildman–Crippen LogP) is 21.2. The SMILES string of the molecule is CC/C=C\C/C=C\C/C=C\C/C=C\C/C=C\C/C=C\C/C=C\C/C=C\C/C=C\CCCCCC(=O)OCC(COC(=O)CCCCC/C=C\C/C=C\C/C=C\CC)OC(=O)CCCCCCCCCCCCCCCC. The van der Waals surface area contributed by atoms with Crippen LogP contribution in [0.3, 0.4) is 0 Å². The lowest BCUT2D eigenvalue weighted by Gasteiger charge is -2.18.